The Morgan fingerprint density at radius 3 is 2.29 bits per heavy atom. The maximum absolute atomic E-state index is 9.26. The molecule has 2 rings (SSSR count). The first-order valence-corrected chi connectivity index (χ1v) is 7.35. The first-order valence-electron chi connectivity index (χ1n) is 7.35. The molecular weight excluding hydrogens is 264 g/mol. The van der Waals surface area contributed by atoms with Gasteiger partial charge in [0.15, 0.2) is 0 Å². The lowest BCUT2D eigenvalue weighted by molar-refractivity contribution is 0.475. The van der Waals surface area contributed by atoms with Crippen LogP contribution in [0.15, 0.2) is 30.3 Å². The molecule has 0 unspecified atom stereocenters. The zero-order chi connectivity index (χ0) is 15.1. The van der Waals surface area contributed by atoms with Crippen LogP contribution in [0.1, 0.15) is 25.2 Å². The minimum absolute atomic E-state index is 0.297. The van der Waals surface area contributed by atoms with E-state index in [2.05, 4.69) is 20.6 Å². The van der Waals surface area contributed by atoms with E-state index < -0.39 is 0 Å². The van der Waals surface area contributed by atoms with E-state index >= 15 is 0 Å². The molecule has 0 amide bonds. The number of aromatic hydroxyl groups is 1. The number of nitrogens with zero attached hydrogens (tertiary/aromatic N) is 2. The second-order valence-electron chi connectivity index (χ2n) is 4.78. The fourth-order valence-electron chi connectivity index (χ4n) is 2.02. The average Bonchev–Trinajstić information content (AvgIpc) is 2.49. The number of rotatable bonds is 7. The summed E-state index contributed by atoms with van der Waals surface area (Å²) in [5, 5.41) is 15.8. The number of benzene rings is 1. The Hall–Kier alpha value is -2.30. The summed E-state index contributed by atoms with van der Waals surface area (Å²) in [6.07, 6.45) is 1.69. The molecule has 0 aliphatic heterocycles. The molecule has 0 saturated carbocycles. The molecule has 0 fully saturated rings. The Morgan fingerprint density at radius 1 is 1.00 bits per heavy atom. The number of anilines is 2. The third-order valence-corrected chi connectivity index (χ3v) is 3.10. The first-order chi connectivity index (χ1) is 10.2. The van der Waals surface area contributed by atoms with Crippen LogP contribution in [-0.4, -0.2) is 28.2 Å². The SMILES string of the molecule is CCNc1cc(NCCc2ccc(O)cc2)nc(CC)n1. The third-order valence-electron chi connectivity index (χ3n) is 3.10. The van der Waals surface area contributed by atoms with E-state index in [-0.39, 0.29) is 0 Å². The number of hydrogen-bond acceptors (Lipinski definition) is 5. The second kappa shape index (κ2) is 7.47. The summed E-state index contributed by atoms with van der Waals surface area (Å²) >= 11 is 0. The normalized spacial score (nSPS) is 10.4. The van der Waals surface area contributed by atoms with Gasteiger partial charge in [-0.05, 0) is 31.0 Å². The van der Waals surface area contributed by atoms with Crippen LogP contribution >= 0.6 is 0 Å². The van der Waals surface area contributed by atoms with Crippen molar-refractivity contribution < 1.29 is 5.11 Å². The summed E-state index contributed by atoms with van der Waals surface area (Å²) in [5.74, 6) is 2.83. The van der Waals surface area contributed by atoms with Gasteiger partial charge < -0.3 is 15.7 Å². The molecule has 0 saturated heterocycles. The zero-order valence-electron chi connectivity index (χ0n) is 12.6. The van der Waals surface area contributed by atoms with Gasteiger partial charge in [-0.1, -0.05) is 19.1 Å². The van der Waals surface area contributed by atoms with Crippen molar-refractivity contribution in [1.29, 1.82) is 0 Å². The lowest BCUT2D eigenvalue weighted by Gasteiger charge is -2.10. The van der Waals surface area contributed by atoms with E-state index in [1.54, 1.807) is 12.1 Å². The van der Waals surface area contributed by atoms with Gasteiger partial charge in [0, 0.05) is 25.6 Å². The van der Waals surface area contributed by atoms with Crippen LogP contribution in [0, 0.1) is 0 Å². The second-order valence-corrected chi connectivity index (χ2v) is 4.78. The molecule has 1 heterocycles. The number of hydrogen-bond donors (Lipinski definition) is 3. The van der Waals surface area contributed by atoms with Crippen LogP contribution in [0.25, 0.3) is 0 Å². The molecule has 0 bridgehead atoms. The molecule has 5 nitrogen and oxygen atoms in total. The van der Waals surface area contributed by atoms with Crippen LogP contribution in [0.5, 0.6) is 5.75 Å². The van der Waals surface area contributed by atoms with Gasteiger partial charge in [-0.25, -0.2) is 9.97 Å². The van der Waals surface area contributed by atoms with Crippen molar-refractivity contribution in [3.63, 3.8) is 0 Å². The molecule has 0 spiro atoms. The van der Waals surface area contributed by atoms with Gasteiger partial charge in [0.1, 0.15) is 23.2 Å². The predicted octanol–water partition coefficient (Wildman–Crippen LogP) is 2.83. The topological polar surface area (TPSA) is 70.1 Å². The van der Waals surface area contributed by atoms with Crippen molar-refractivity contribution >= 4 is 11.6 Å². The lowest BCUT2D eigenvalue weighted by Crippen LogP contribution is -2.10. The highest BCUT2D eigenvalue weighted by atomic mass is 16.3. The molecule has 1 aromatic carbocycles. The molecule has 3 N–H and O–H groups in total. The summed E-state index contributed by atoms with van der Waals surface area (Å²) in [5.41, 5.74) is 1.18. The molecular formula is C16H22N4O. The number of nitrogens with one attached hydrogen (secondary N) is 2. The minimum Gasteiger partial charge on any atom is -0.508 e. The Balaban J connectivity index is 1.95. The van der Waals surface area contributed by atoms with Crippen molar-refractivity contribution in [2.45, 2.75) is 26.7 Å². The maximum Gasteiger partial charge on any atom is 0.132 e. The molecule has 5 heteroatoms. The monoisotopic (exact) mass is 286 g/mol. The number of phenols is 1. The van der Waals surface area contributed by atoms with Gasteiger partial charge in [-0.15, -0.1) is 0 Å². The van der Waals surface area contributed by atoms with Crippen molar-refractivity contribution in [3.05, 3.63) is 41.7 Å². The Morgan fingerprint density at radius 2 is 1.67 bits per heavy atom. The van der Waals surface area contributed by atoms with Gasteiger partial charge in [-0.2, -0.15) is 0 Å². The Kier molecular flexibility index (Phi) is 5.37. The molecule has 1 aromatic heterocycles. The van der Waals surface area contributed by atoms with Crippen molar-refractivity contribution in [2.75, 3.05) is 23.7 Å². The van der Waals surface area contributed by atoms with Crippen LogP contribution in [0.2, 0.25) is 0 Å². The summed E-state index contributed by atoms with van der Waals surface area (Å²) in [4.78, 5) is 8.90. The van der Waals surface area contributed by atoms with Gasteiger partial charge >= 0.3 is 0 Å². The van der Waals surface area contributed by atoms with E-state index in [1.807, 2.05) is 32.0 Å². The summed E-state index contributed by atoms with van der Waals surface area (Å²) in [6, 6.07) is 9.20. The van der Waals surface area contributed by atoms with Crippen LogP contribution in [0.3, 0.4) is 0 Å². The van der Waals surface area contributed by atoms with Crippen LogP contribution in [0.4, 0.5) is 11.6 Å². The Labute approximate surface area is 125 Å². The number of phenolic OH excluding ortho intramolecular Hbond substituents is 1. The minimum atomic E-state index is 0.297. The van der Waals surface area contributed by atoms with E-state index in [0.717, 1.165) is 43.4 Å². The maximum atomic E-state index is 9.26. The van der Waals surface area contributed by atoms with Gasteiger partial charge in [0.25, 0.3) is 0 Å². The molecule has 0 aliphatic rings. The molecule has 0 radical (unpaired) electrons. The molecule has 112 valence electrons. The van der Waals surface area contributed by atoms with Gasteiger partial charge in [0.2, 0.25) is 0 Å². The van der Waals surface area contributed by atoms with E-state index in [1.165, 1.54) is 5.56 Å². The van der Waals surface area contributed by atoms with E-state index in [0.29, 0.717) is 5.75 Å². The number of aryl methyl sites for hydroxylation is 1. The summed E-state index contributed by atoms with van der Waals surface area (Å²) < 4.78 is 0. The summed E-state index contributed by atoms with van der Waals surface area (Å²) in [6.45, 7) is 5.72. The molecule has 21 heavy (non-hydrogen) atoms. The third kappa shape index (κ3) is 4.63. The zero-order valence-corrected chi connectivity index (χ0v) is 12.6. The average molecular weight is 286 g/mol. The van der Waals surface area contributed by atoms with Gasteiger partial charge in [0.05, 0.1) is 0 Å². The smallest absolute Gasteiger partial charge is 0.132 e. The first kappa shape index (κ1) is 15.1. The molecule has 0 aliphatic carbocycles. The standard InChI is InChI=1S/C16H22N4O/c1-3-14-19-15(17-4-2)11-16(20-14)18-10-9-12-5-7-13(21)8-6-12/h5-8,11,21H,3-4,9-10H2,1-2H3,(H2,17,18,19,20). The fraction of sp³-hybridized carbons (Fsp3) is 0.375. The quantitative estimate of drug-likeness (QED) is 0.730. The molecule has 2 aromatic rings. The summed E-state index contributed by atoms with van der Waals surface area (Å²) in [7, 11) is 0. The predicted molar refractivity (Wildman–Crippen MR) is 85.9 cm³/mol. The van der Waals surface area contributed by atoms with Crippen molar-refractivity contribution in [3.8, 4) is 5.75 Å². The fourth-order valence-corrected chi connectivity index (χ4v) is 2.02. The van der Waals surface area contributed by atoms with Crippen LogP contribution < -0.4 is 10.6 Å². The van der Waals surface area contributed by atoms with Crippen molar-refractivity contribution in [2.24, 2.45) is 0 Å². The van der Waals surface area contributed by atoms with E-state index in [9.17, 15) is 5.11 Å². The highest BCUT2D eigenvalue weighted by Crippen LogP contribution is 2.13. The van der Waals surface area contributed by atoms with Crippen LogP contribution in [-0.2, 0) is 12.8 Å². The van der Waals surface area contributed by atoms with E-state index in [4.69, 9.17) is 0 Å². The highest BCUT2D eigenvalue weighted by molar-refractivity contribution is 5.47. The van der Waals surface area contributed by atoms with Gasteiger partial charge in [-0.3, -0.25) is 0 Å². The highest BCUT2D eigenvalue weighted by Gasteiger charge is 2.03. The lowest BCUT2D eigenvalue weighted by atomic mass is 10.1. The van der Waals surface area contributed by atoms with Crippen molar-refractivity contribution in [1.82, 2.24) is 9.97 Å². The largest absolute Gasteiger partial charge is 0.508 e. The number of aromatic nitrogens is 2. The Bertz CT molecular complexity index is 569. The molecule has 0 atom stereocenters.